The first-order chi connectivity index (χ1) is 21.6. The zero-order chi connectivity index (χ0) is 31.8. The molecule has 0 radical (unpaired) electrons. The fraction of sp³-hybridized carbons (Fsp3) is 0.156. The number of aromatic carboxylic acids is 1. The van der Waals surface area contributed by atoms with Gasteiger partial charge >= 0.3 is 5.97 Å². The third-order valence-electron chi connectivity index (χ3n) is 7.97. The molecule has 1 aliphatic heterocycles. The quantitative estimate of drug-likeness (QED) is 0.168. The van der Waals surface area contributed by atoms with Gasteiger partial charge in [0, 0.05) is 34.7 Å². The standard InChI is InChI=1S/C32H27F2N7O4/c33-21-12-16(32(44)45)13-22(34)28(21)19-8-5-11-41(25-15-24(38-40-31(25)36)18-7-2-4-10-27(18)43)29(19)20-14-23(37-39-30(20)35)17-6-1-3-9-26(17)42/h1-4,6-7,9-10,12-15,19,29,42-43H,5,8,11H2,(H2,35,39)(H2,36,40)(H,44,45). The lowest BCUT2D eigenvalue weighted by Crippen LogP contribution is -2.40. The highest BCUT2D eigenvalue weighted by Crippen LogP contribution is 2.49. The van der Waals surface area contributed by atoms with Crippen LogP contribution < -0.4 is 16.4 Å². The Bertz CT molecular complexity index is 1920. The number of carbonyl (C=O) groups is 1. The van der Waals surface area contributed by atoms with Crippen molar-refractivity contribution in [3.8, 4) is 34.0 Å². The molecular formula is C32H27F2N7O4. The lowest BCUT2D eigenvalue weighted by atomic mass is 9.79. The number of carboxylic acids is 1. The summed E-state index contributed by atoms with van der Waals surface area (Å²) in [4.78, 5) is 13.3. The molecule has 0 aliphatic carbocycles. The van der Waals surface area contributed by atoms with Gasteiger partial charge in [0.25, 0.3) is 0 Å². The number of halogens is 2. The van der Waals surface area contributed by atoms with Crippen LogP contribution in [-0.4, -0.2) is 48.2 Å². The average molecular weight is 612 g/mol. The average Bonchev–Trinajstić information content (AvgIpc) is 3.02. The molecule has 0 bridgehead atoms. The van der Waals surface area contributed by atoms with E-state index in [1.165, 1.54) is 12.1 Å². The summed E-state index contributed by atoms with van der Waals surface area (Å²) in [5.41, 5.74) is 14.0. The maximum absolute atomic E-state index is 15.7. The number of phenolic OH excluding ortho intramolecular Hbond substituents is 2. The highest BCUT2D eigenvalue weighted by Gasteiger charge is 2.40. The van der Waals surface area contributed by atoms with Crippen molar-refractivity contribution in [2.45, 2.75) is 24.8 Å². The third kappa shape index (κ3) is 5.39. The van der Waals surface area contributed by atoms with Crippen molar-refractivity contribution < 1.29 is 28.9 Å². The number of aromatic hydroxyl groups is 2. The summed E-state index contributed by atoms with van der Waals surface area (Å²) in [6.45, 7) is 0.349. The molecule has 1 fully saturated rings. The minimum absolute atomic E-state index is 0.0171. The monoisotopic (exact) mass is 611 g/mol. The Morgan fingerprint density at radius 3 is 1.93 bits per heavy atom. The van der Waals surface area contributed by atoms with Crippen molar-refractivity contribution in [1.82, 2.24) is 20.4 Å². The lowest BCUT2D eigenvalue weighted by molar-refractivity contribution is 0.0695. The number of nitrogens with zero attached hydrogens (tertiary/aromatic N) is 5. The Morgan fingerprint density at radius 2 is 1.36 bits per heavy atom. The number of anilines is 3. The number of hydrogen-bond acceptors (Lipinski definition) is 10. The first kappa shape index (κ1) is 29.2. The van der Waals surface area contributed by atoms with Crippen molar-refractivity contribution in [3.63, 3.8) is 0 Å². The Labute approximate surface area is 255 Å². The van der Waals surface area contributed by atoms with Gasteiger partial charge in [0.15, 0.2) is 11.6 Å². The van der Waals surface area contributed by atoms with Gasteiger partial charge in [-0.05, 0) is 61.4 Å². The second-order valence-corrected chi connectivity index (χ2v) is 10.7. The Kier molecular flexibility index (Phi) is 7.59. The molecule has 45 heavy (non-hydrogen) atoms. The van der Waals surface area contributed by atoms with Gasteiger partial charge in [0.2, 0.25) is 0 Å². The van der Waals surface area contributed by atoms with E-state index in [0.29, 0.717) is 47.5 Å². The summed E-state index contributed by atoms with van der Waals surface area (Å²) < 4.78 is 31.4. The normalized spacial score (nSPS) is 16.4. The Balaban J connectivity index is 1.57. The highest BCUT2D eigenvalue weighted by atomic mass is 19.1. The van der Waals surface area contributed by atoms with Crippen molar-refractivity contribution in [2.24, 2.45) is 0 Å². The van der Waals surface area contributed by atoms with Gasteiger partial charge < -0.3 is 31.7 Å². The summed E-state index contributed by atoms with van der Waals surface area (Å²) >= 11 is 0. The van der Waals surface area contributed by atoms with Gasteiger partial charge in [-0.2, -0.15) is 0 Å². The Hall–Kier alpha value is -5.85. The molecule has 13 heteroatoms. The number of benzene rings is 3. The number of piperidine rings is 1. The Morgan fingerprint density at radius 1 is 0.800 bits per heavy atom. The number of rotatable bonds is 6. The lowest BCUT2D eigenvalue weighted by Gasteiger charge is -2.43. The molecule has 3 aromatic carbocycles. The smallest absolute Gasteiger partial charge is 0.335 e. The summed E-state index contributed by atoms with van der Waals surface area (Å²) in [5, 5.41) is 47.0. The van der Waals surface area contributed by atoms with Gasteiger partial charge in [-0.25, -0.2) is 13.6 Å². The van der Waals surface area contributed by atoms with E-state index in [0.717, 1.165) is 12.1 Å². The van der Waals surface area contributed by atoms with E-state index in [-0.39, 0.29) is 34.4 Å². The van der Waals surface area contributed by atoms with Gasteiger partial charge in [0.1, 0.15) is 23.1 Å². The van der Waals surface area contributed by atoms with Crippen LogP contribution in [0.1, 0.15) is 46.3 Å². The van der Waals surface area contributed by atoms with Crippen LogP contribution in [0, 0.1) is 11.6 Å². The van der Waals surface area contributed by atoms with Crippen LogP contribution >= 0.6 is 0 Å². The van der Waals surface area contributed by atoms with E-state index in [9.17, 15) is 20.1 Å². The molecule has 0 saturated carbocycles. The van der Waals surface area contributed by atoms with Gasteiger partial charge in [0.05, 0.1) is 28.7 Å². The summed E-state index contributed by atoms with van der Waals surface area (Å²) in [7, 11) is 0. The largest absolute Gasteiger partial charge is 0.507 e. The fourth-order valence-corrected chi connectivity index (χ4v) is 5.93. The number of carboxylic acid groups (broad SMARTS) is 1. The maximum Gasteiger partial charge on any atom is 0.335 e. The molecule has 0 amide bonds. The van der Waals surface area contributed by atoms with Crippen molar-refractivity contribution >= 4 is 23.3 Å². The molecule has 11 nitrogen and oxygen atoms in total. The highest BCUT2D eigenvalue weighted by molar-refractivity contribution is 5.87. The fourth-order valence-electron chi connectivity index (χ4n) is 5.93. The first-order valence-corrected chi connectivity index (χ1v) is 14.0. The number of hydrogen-bond donors (Lipinski definition) is 5. The van der Waals surface area contributed by atoms with Crippen LogP contribution in [0.3, 0.4) is 0 Å². The van der Waals surface area contributed by atoms with Gasteiger partial charge in [-0.3, -0.25) is 0 Å². The van der Waals surface area contributed by atoms with Crippen molar-refractivity contribution in [3.05, 3.63) is 101 Å². The number of aromatic nitrogens is 4. The predicted octanol–water partition coefficient (Wildman–Crippen LogP) is 5.28. The van der Waals surface area contributed by atoms with Crippen molar-refractivity contribution in [1.29, 1.82) is 0 Å². The summed E-state index contributed by atoms with van der Waals surface area (Å²) in [6, 6.07) is 16.9. The molecule has 6 rings (SSSR count). The number of nitrogens with two attached hydrogens (primary N) is 2. The molecule has 228 valence electrons. The minimum atomic E-state index is -1.47. The molecule has 0 spiro atoms. The number of nitrogen functional groups attached to an aromatic ring is 2. The molecule has 1 saturated heterocycles. The van der Waals surface area contributed by atoms with Crippen LogP contribution in [0.4, 0.5) is 26.1 Å². The molecule has 5 aromatic rings. The second kappa shape index (κ2) is 11.7. The zero-order valence-electron chi connectivity index (χ0n) is 23.6. The molecule has 2 atom stereocenters. The van der Waals surface area contributed by atoms with Crippen LogP contribution in [0.15, 0.2) is 72.8 Å². The van der Waals surface area contributed by atoms with Crippen LogP contribution in [0.2, 0.25) is 0 Å². The second-order valence-electron chi connectivity index (χ2n) is 10.7. The third-order valence-corrected chi connectivity index (χ3v) is 7.97. The van der Waals surface area contributed by atoms with E-state index < -0.39 is 35.1 Å². The molecule has 2 unspecified atom stereocenters. The van der Waals surface area contributed by atoms with Crippen LogP contribution in [0.5, 0.6) is 11.5 Å². The van der Waals surface area contributed by atoms with E-state index in [1.807, 2.05) is 0 Å². The number of phenols is 2. The predicted molar refractivity (Wildman–Crippen MR) is 162 cm³/mol. The molecule has 3 heterocycles. The van der Waals surface area contributed by atoms with Gasteiger partial charge in [-0.15, -0.1) is 20.4 Å². The summed E-state index contributed by atoms with van der Waals surface area (Å²) in [5.74, 6) is -4.54. The van der Waals surface area contributed by atoms with Crippen molar-refractivity contribution in [2.75, 3.05) is 22.9 Å². The molecule has 2 aromatic heterocycles. The molecule has 1 aliphatic rings. The van der Waals surface area contributed by atoms with Gasteiger partial charge in [-0.1, -0.05) is 24.3 Å². The van der Waals surface area contributed by atoms with E-state index in [4.69, 9.17) is 11.5 Å². The first-order valence-electron chi connectivity index (χ1n) is 14.0. The minimum Gasteiger partial charge on any atom is -0.507 e. The van der Waals surface area contributed by atoms with E-state index >= 15 is 8.78 Å². The van der Waals surface area contributed by atoms with Crippen LogP contribution in [-0.2, 0) is 0 Å². The molecular weight excluding hydrogens is 584 g/mol. The van der Waals surface area contributed by atoms with E-state index in [2.05, 4.69) is 20.4 Å². The molecule has 7 N–H and O–H groups in total. The number of para-hydroxylation sites is 2. The maximum atomic E-state index is 15.7. The van der Waals surface area contributed by atoms with E-state index in [1.54, 1.807) is 53.4 Å². The zero-order valence-corrected chi connectivity index (χ0v) is 23.6. The summed E-state index contributed by atoms with van der Waals surface area (Å²) in [6.07, 6.45) is 0.749. The topological polar surface area (TPSA) is 185 Å². The SMILES string of the molecule is Nc1nnc(-c2ccccc2O)cc1C1C(c2c(F)cc(C(=O)O)cc2F)CCCN1c1cc(-c2ccccc2O)nnc1N. The van der Waals surface area contributed by atoms with Crippen LogP contribution in [0.25, 0.3) is 22.5 Å².